The van der Waals surface area contributed by atoms with Crippen LogP contribution in [0.3, 0.4) is 0 Å². The molecule has 0 aliphatic carbocycles. The van der Waals surface area contributed by atoms with Crippen molar-refractivity contribution in [2.75, 3.05) is 23.8 Å². The van der Waals surface area contributed by atoms with Crippen LogP contribution in [0.2, 0.25) is 0 Å². The molecule has 0 spiro atoms. The summed E-state index contributed by atoms with van der Waals surface area (Å²) >= 11 is 0. The van der Waals surface area contributed by atoms with Crippen molar-refractivity contribution < 1.29 is 5.11 Å². The highest BCUT2D eigenvalue weighted by Gasteiger charge is 2.11. The number of hydrogen-bond acceptors (Lipinski definition) is 5. The largest absolute Gasteiger partial charge is 0.396 e. The minimum atomic E-state index is 0.184. The fraction of sp³-hybridized carbons (Fsp3) is 0.600. The minimum absolute atomic E-state index is 0.184. The molecule has 0 saturated heterocycles. The van der Waals surface area contributed by atoms with Crippen molar-refractivity contribution in [2.24, 2.45) is 0 Å². The number of aliphatic hydroxyl groups is 1. The smallest absolute Gasteiger partial charge is 0.221 e. The van der Waals surface area contributed by atoms with Crippen molar-refractivity contribution in [2.45, 2.75) is 26.3 Å². The molecule has 0 saturated carbocycles. The van der Waals surface area contributed by atoms with Gasteiger partial charge in [0.2, 0.25) is 5.95 Å². The fourth-order valence-electron chi connectivity index (χ4n) is 1.40. The lowest BCUT2D eigenvalue weighted by Gasteiger charge is -2.27. The second kappa shape index (κ2) is 5.50. The molecule has 0 atom stereocenters. The number of nitrogens with zero attached hydrogens (tertiary/aromatic N) is 3. The molecule has 1 aromatic heterocycles. The van der Waals surface area contributed by atoms with E-state index in [1.165, 1.54) is 0 Å². The van der Waals surface area contributed by atoms with Gasteiger partial charge in [-0.25, -0.2) is 4.98 Å². The molecular weight excluding hydrogens is 192 g/mol. The Labute approximate surface area is 90.0 Å². The third kappa shape index (κ3) is 3.36. The number of nitrogens with two attached hydrogens (primary N) is 1. The van der Waals surface area contributed by atoms with E-state index in [0.29, 0.717) is 6.04 Å². The highest BCUT2D eigenvalue weighted by atomic mass is 16.3. The van der Waals surface area contributed by atoms with Crippen LogP contribution in [0.1, 0.15) is 20.3 Å². The van der Waals surface area contributed by atoms with Crippen molar-refractivity contribution in [3.8, 4) is 0 Å². The monoisotopic (exact) mass is 210 g/mol. The fourth-order valence-corrected chi connectivity index (χ4v) is 1.40. The molecule has 3 N–H and O–H groups in total. The van der Waals surface area contributed by atoms with E-state index in [-0.39, 0.29) is 12.6 Å². The molecule has 0 bridgehead atoms. The van der Waals surface area contributed by atoms with Gasteiger partial charge in [0.05, 0.1) is 0 Å². The molecule has 1 heterocycles. The third-order valence-electron chi connectivity index (χ3n) is 2.13. The normalized spacial score (nSPS) is 10.7. The summed E-state index contributed by atoms with van der Waals surface area (Å²) in [6.07, 6.45) is 2.37. The van der Waals surface area contributed by atoms with Crippen LogP contribution < -0.4 is 10.6 Å². The number of nitrogen functional groups attached to an aromatic ring is 1. The molecule has 15 heavy (non-hydrogen) atoms. The topological polar surface area (TPSA) is 75.3 Å². The zero-order chi connectivity index (χ0) is 11.3. The van der Waals surface area contributed by atoms with Gasteiger partial charge in [-0.15, -0.1) is 0 Å². The number of aliphatic hydroxyl groups excluding tert-OH is 1. The first-order valence-corrected chi connectivity index (χ1v) is 5.11. The van der Waals surface area contributed by atoms with E-state index in [1.54, 1.807) is 6.20 Å². The van der Waals surface area contributed by atoms with Crippen LogP contribution in [-0.4, -0.2) is 34.3 Å². The van der Waals surface area contributed by atoms with Gasteiger partial charge in [0.25, 0.3) is 0 Å². The molecular formula is C10H18N4O. The third-order valence-corrected chi connectivity index (χ3v) is 2.13. The Hall–Kier alpha value is -1.36. The standard InChI is InChI=1S/C10H18N4O/c1-8(2)14(6-3-7-15)9-4-5-12-10(11)13-9/h4-5,8,15H,3,6-7H2,1-2H3,(H2,11,12,13). The molecule has 0 aliphatic heterocycles. The van der Waals surface area contributed by atoms with Crippen LogP contribution in [-0.2, 0) is 0 Å². The van der Waals surface area contributed by atoms with Gasteiger partial charge in [-0.2, -0.15) is 4.98 Å². The summed E-state index contributed by atoms with van der Waals surface area (Å²) in [6, 6.07) is 2.15. The van der Waals surface area contributed by atoms with Gasteiger partial charge in [-0.1, -0.05) is 0 Å². The summed E-state index contributed by atoms with van der Waals surface area (Å²) in [5.74, 6) is 1.09. The average Bonchev–Trinajstić information content (AvgIpc) is 2.18. The van der Waals surface area contributed by atoms with Gasteiger partial charge in [-0.05, 0) is 26.3 Å². The van der Waals surface area contributed by atoms with Crippen LogP contribution in [0.4, 0.5) is 11.8 Å². The number of aromatic nitrogens is 2. The minimum Gasteiger partial charge on any atom is -0.396 e. The van der Waals surface area contributed by atoms with Crippen molar-refractivity contribution in [1.82, 2.24) is 9.97 Å². The first kappa shape index (κ1) is 11.7. The maximum Gasteiger partial charge on any atom is 0.221 e. The predicted octanol–water partition coefficient (Wildman–Crippen LogP) is 0.656. The van der Waals surface area contributed by atoms with Gasteiger partial charge in [0, 0.05) is 25.4 Å². The Morgan fingerprint density at radius 2 is 2.27 bits per heavy atom. The lowest BCUT2D eigenvalue weighted by molar-refractivity contribution is 0.288. The Morgan fingerprint density at radius 1 is 1.53 bits per heavy atom. The van der Waals surface area contributed by atoms with Crippen LogP contribution in [0.15, 0.2) is 12.3 Å². The molecule has 5 heteroatoms. The first-order valence-electron chi connectivity index (χ1n) is 5.11. The molecule has 1 aromatic rings. The van der Waals surface area contributed by atoms with E-state index >= 15 is 0 Å². The Bertz CT molecular complexity index is 303. The lowest BCUT2D eigenvalue weighted by atomic mass is 10.3. The molecule has 0 unspecified atom stereocenters. The van der Waals surface area contributed by atoms with Gasteiger partial charge < -0.3 is 15.7 Å². The lowest BCUT2D eigenvalue weighted by Crippen LogP contribution is -2.33. The van der Waals surface area contributed by atoms with Crippen LogP contribution in [0.25, 0.3) is 0 Å². The van der Waals surface area contributed by atoms with Gasteiger partial charge >= 0.3 is 0 Å². The van der Waals surface area contributed by atoms with Gasteiger partial charge in [0.15, 0.2) is 0 Å². The molecule has 0 amide bonds. The summed E-state index contributed by atoms with van der Waals surface area (Å²) in [7, 11) is 0. The van der Waals surface area contributed by atoms with Crippen molar-refractivity contribution >= 4 is 11.8 Å². The highest BCUT2D eigenvalue weighted by Crippen LogP contribution is 2.14. The Kier molecular flexibility index (Phi) is 4.30. The van der Waals surface area contributed by atoms with Crippen LogP contribution >= 0.6 is 0 Å². The van der Waals surface area contributed by atoms with Gasteiger partial charge in [0.1, 0.15) is 5.82 Å². The molecule has 0 aliphatic rings. The quantitative estimate of drug-likeness (QED) is 0.746. The summed E-state index contributed by atoms with van der Waals surface area (Å²) in [5.41, 5.74) is 5.53. The zero-order valence-corrected chi connectivity index (χ0v) is 9.22. The molecule has 1 rings (SSSR count). The Balaban J connectivity index is 2.79. The average molecular weight is 210 g/mol. The maximum atomic E-state index is 8.81. The van der Waals surface area contributed by atoms with Crippen molar-refractivity contribution in [3.63, 3.8) is 0 Å². The summed E-state index contributed by atoms with van der Waals surface area (Å²) in [6.45, 7) is 5.11. The SMILES string of the molecule is CC(C)N(CCCO)c1ccnc(N)n1. The maximum absolute atomic E-state index is 8.81. The molecule has 84 valence electrons. The Morgan fingerprint density at radius 3 is 2.80 bits per heavy atom. The molecule has 0 radical (unpaired) electrons. The second-order valence-electron chi connectivity index (χ2n) is 3.64. The van der Waals surface area contributed by atoms with E-state index in [2.05, 4.69) is 28.7 Å². The van der Waals surface area contributed by atoms with Crippen LogP contribution in [0, 0.1) is 0 Å². The van der Waals surface area contributed by atoms with E-state index in [0.717, 1.165) is 18.8 Å². The summed E-state index contributed by atoms with van der Waals surface area (Å²) in [5, 5.41) is 8.81. The van der Waals surface area contributed by atoms with E-state index in [9.17, 15) is 0 Å². The molecule has 5 nitrogen and oxygen atoms in total. The number of rotatable bonds is 5. The molecule has 0 fully saturated rings. The van der Waals surface area contributed by atoms with Crippen LogP contribution in [0.5, 0.6) is 0 Å². The molecule has 0 aromatic carbocycles. The summed E-state index contributed by atoms with van der Waals surface area (Å²) in [4.78, 5) is 10.1. The van der Waals surface area contributed by atoms with E-state index in [1.807, 2.05) is 6.07 Å². The van der Waals surface area contributed by atoms with Crippen molar-refractivity contribution in [1.29, 1.82) is 0 Å². The van der Waals surface area contributed by atoms with Crippen molar-refractivity contribution in [3.05, 3.63) is 12.3 Å². The summed E-state index contributed by atoms with van der Waals surface area (Å²) < 4.78 is 0. The second-order valence-corrected chi connectivity index (χ2v) is 3.64. The van der Waals surface area contributed by atoms with Gasteiger partial charge in [-0.3, -0.25) is 0 Å². The first-order chi connectivity index (χ1) is 7.15. The highest BCUT2D eigenvalue weighted by molar-refractivity contribution is 5.41. The van der Waals surface area contributed by atoms with E-state index < -0.39 is 0 Å². The number of hydrogen-bond donors (Lipinski definition) is 2. The number of anilines is 2. The van der Waals surface area contributed by atoms with E-state index in [4.69, 9.17) is 10.8 Å². The zero-order valence-electron chi connectivity index (χ0n) is 9.22. The predicted molar refractivity (Wildman–Crippen MR) is 60.6 cm³/mol.